The first-order chi connectivity index (χ1) is 18.1. The number of ether oxygens (including phenoxy) is 4. The maximum absolute atomic E-state index is 10.7. The topological polar surface area (TPSA) is 78.2 Å². The van der Waals surface area contributed by atoms with E-state index in [1.165, 1.54) is 0 Å². The molecule has 1 heterocycles. The van der Waals surface area contributed by atoms with Crippen molar-refractivity contribution in [2.45, 2.75) is 45.8 Å². The fourth-order valence-corrected chi connectivity index (χ4v) is 4.04. The van der Waals surface area contributed by atoms with Gasteiger partial charge in [-0.2, -0.15) is 5.10 Å². The molecule has 0 saturated carbocycles. The molecule has 0 spiro atoms. The summed E-state index contributed by atoms with van der Waals surface area (Å²) < 4.78 is 24.8. The van der Waals surface area contributed by atoms with E-state index in [1.807, 2.05) is 59.3 Å². The monoisotopic (exact) mass is 511 g/mol. The van der Waals surface area contributed by atoms with Crippen LogP contribution in [0, 0.1) is 0 Å². The fraction of sp³-hybridized carbons (Fsp3) is 0.483. The van der Waals surface area contributed by atoms with E-state index in [2.05, 4.69) is 18.7 Å². The number of para-hydroxylation sites is 1. The Labute approximate surface area is 220 Å². The maximum atomic E-state index is 10.7. The Bertz CT molecular complexity index is 1060. The number of rotatable bonds is 17. The third kappa shape index (κ3) is 8.57. The Morgan fingerprint density at radius 3 is 2.49 bits per heavy atom. The van der Waals surface area contributed by atoms with Gasteiger partial charge in [-0.15, -0.1) is 0 Å². The molecule has 3 aromatic rings. The normalized spacial score (nSPS) is 12.2. The van der Waals surface area contributed by atoms with E-state index in [0.717, 1.165) is 36.2 Å². The van der Waals surface area contributed by atoms with Crippen LogP contribution >= 0.6 is 0 Å². The van der Waals surface area contributed by atoms with E-state index in [1.54, 1.807) is 14.2 Å². The summed E-state index contributed by atoms with van der Waals surface area (Å²) in [6, 6.07) is 17.5. The van der Waals surface area contributed by atoms with E-state index in [9.17, 15) is 5.11 Å². The molecule has 0 aliphatic rings. The summed E-state index contributed by atoms with van der Waals surface area (Å²) in [6.07, 6.45) is 2.19. The van der Waals surface area contributed by atoms with E-state index >= 15 is 0 Å². The molecule has 8 nitrogen and oxygen atoms in total. The number of methoxy groups -OCH3 is 2. The SMILES string of the molecule is CCCCOCC(O)CN(CCOC)Cc1c(CC)nn(-c2ccccc2)c1Oc1cccc(OC)c1. The highest BCUT2D eigenvalue weighted by Crippen LogP contribution is 2.33. The lowest BCUT2D eigenvalue weighted by Crippen LogP contribution is -2.36. The lowest BCUT2D eigenvalue weighted by Gasteiger charge is -2.25. The minimum absolute atomic E-state index is 0.306. The molecule has 0 radical (unpaired) electrons. The number of unbranched alkanes of at least 4 members (excludes halogenated alkanes) is 1. The summed E-state index contributed by atoms with van der Waals surface area (Å²) >= 11 is 0. The Balaban J connectivity index is 1.93. The predicted octanol–water partition coefficient (Wildman–Crippen LogP) is 4.86. The van der Waals surface area contributed by atoms with Crippen molar-refractivity contribution in [1.29, 1.82) is 0 Å². The summed E-state index contributed by atoms with van der Waals surface area (Å²) in [5.74, 6) is 2.02. The van der Waals surface area contributed by atoms with Crippen molar-refractivity contribution < 1.29 is 24.1 Å². The Kier molecular flexibility index (Phi) is 11.9. The van der Waals surface area contributed by atoms with Crippen molar-refractivity contribution in [3.05, 3.63) is 65.9 Å². The van der Waals surface area contributed by atoms with Gasteiger partial charge in [0.25, 0.3) is 0 Å². The second-order valence-electron chi connectivity index (χ2n) is 8.92. The molecule has 0 fully saturated rings. The lowest BCUT2D eigenvalue weighted by atomic mass is 10.1. The zero-order valence-corrected chi connectivity index (χ0v) is 22.6. The fourth-order valence-electron chi connectivity index (χ4n) is 4.04. The first-order valence-corrected chi connectivity index (χ1v) is 13.0. The molecule has 1 atom stereocenters. The Hall–Kier alpha value is -2.91. The highest BCUT2D eigenvalue weighted by atomic mass is 16.5. The van der Waals surface area contributed by atoms with E-state index in [-0.39, 0.29) is 0 Å². The molecule has 0 saturated heterocycles. The zero-order valence-electron chi connectivity index (χ0n) is 22.6. The van der Waals surface area contributed by atoms with E-state index in [4.69, 9.17) is 24.0 Å². The van der Waals surface area contributed by atoms with Crippen molar-refractivity contribution in [3.63, 3.8) is 0 Å². The van der Waals surface area contributed by atoms with E-state index in [0.29, 0.717) is 56.8 Å². The number of aryl methyl sites for hydroxylation is 1. The van der Waals surface area contributed by atoms with Crippen LogP contribution in [0.4, 0.5) is 0 Å². The molecule has 0 amide bonds. The molecule has 8 heteroatoms. The number of nitrogens with zero attached hydrogens (tertiary/aromatic N) is 3. The highest BCUT2D eigenvalue weighted by Gasteiger charge is 2.24. The number of aromatic nitrogens is 2. The van der Waals surface area contributed by atoms with Gasteiger partial charge >= 0.3 is 0 Å². The van der Waals surface area contributed by atoms with Gasteiger partial charge in [-0.25, -0.2) is 4.68 Å². The van der Waals surface area contributed by atoms with Gasteiger partial charge in [0.05, 0.1) is 43.4 Å². The average Bonchev–Trinajstić information content (AvgIpc) is 3.27. The Morgan fingerprint density at radius 2 is 1.78 bits per heavy atom. The second-order valence-corrected chi connectivity index (χ2v) is 8.92. The van der Waals surface area contributed by atoms with Gasteiger partial charge in [-0.3, -0.25) is 4.90 Å². The average molecular weight is 512 g/mol. The molecule has 1 unspecified atom stereocenters. The number of aliphatic hydroxyl groups is 1. The van der Waals surface area contributed by atoms with Crippen LogP contribution in [-0.4, -0.2) is 73.0 Å². The van der Waals surface area contributed by atoms with E-state index < -0.39 is 6.10 Å². The maximum Gasteiger partial charge on any atom is 0.227 e. The van der Waals surface area contributed by atoms with Crippen LogP contribution < -0.4 is 9.47 Å². The standard InChI is InChI=1S/C29H41N3O5/c1-5-7-17-36-22-24(33)20-31(16-18-34-3)21-27-28(6-2)30-32(23-12-9-8-10-13-23)29(27)37-26-15-11-14-25(19-26)35-4/h8-15,19,24,33H,5-7,16-18,20-22H2,1-4H3. The summed E-state index contributed by atoms with van der Waals surface area (Å²) in [5, 5.41) is 15.6. The first kappa shape index (κ1) is 28.7. The van der Waals surface area contributed by atoms with Crippen LogP contribution in [0.15, 0.2) is 54.6 Å². The molecule has 1 N–H and O–H groups in total. The van der Waals surface area contributed by atoms with Crippen LogP contribution in [-0.2, 0) is 22.4 Å². The van der Waals surface area contributed by atoms with Crippen molar-refractivity contribution >= 4 is 0 Å². The van der Waals surface area contributed by atoms with Crippen LogP contribution in [0.25, 0.3) is 5.69 Å². The van der Waals surface area contributed by atoms with Crippen LogP contribution in [0.2, 0.25) is 0 Å². The molecule has 0 aliphatic heterocycles. The molecule has 3 rings (SSSR count). The summed E-state index contributed by atoms with van der Waals surface area (Å²) in [7, 11) is 3.32. The molecule has 202 valence electrons. The zero-order chi connectivity index (χ0) is 26.5. The molecule has 37 heavy (non-hydrogen) atoms. The summed E-state index contributed by atoms with van der Waals surface area (Å²) in [4.78, 5) is 2.17. The summed E-state index contributed by atoms with van der Waals surface area (Å²) in [6.45, 7) is 7.38. The third-order valence-electron chi connectivity index (χ3n) is 6.03. The number of hydrogen-bond donors (Lipinski definition) is 1. The van der Waals surface area contributed by atoms with Crippen molar-refractivity contribution in [2.24, 2.45) is 0 Å². The lowest BCUT2D eigenvalue weighted by molar-refractivity contribution is 0.0100. The number of hydrogen-bond acceptors (Lipinski definition) is 7. The van der Waals surface area contributed by atoms with Gasteiger partial charge in [0.1, 0.15) is 11.5 Å². The second kappa shape index (κ2) is 15.4. The van der Waals surface area contributed by atoms with Gasteiger partial charge in [0.2, 0.25) is 5.88 Å². The molecule has 1 aromatic heterocycles. The van der Waals surface area contributed by atoms with Crippen molar-refractivity contribution in [3.8, 4) is 23.1 Å². The van der Waals surface area contributed by atoms with Gasteiger partial charge in [0, 0.05) is 39.4 Å². The molecule has 0 aliphatic carbocycles. The van der Waals surface area contributed by atoms with Crippen LogP contribution in [0.1, 0.15) is 37.9 Å². The smallest absolute Gasteiger partial charge is 0.227 e. The minimum Gasteiger partial charge on any atom is -0.497 e. The third-order valence-corrected chi connectivity index (χ3v) is 6.03. The quantitative estimate of drug-likeness (QED) is 0.259. The molecule has 0 bridgehead atoms. The first-order valence-electron chi connectivity index (χ1n) is 13.0. The Morgan fingerprint density at radius 1 is 1.00 bits per heavy atom. The van der Waals surface area contributed by atoms with Crippen LogP contribution in [0.3, 0.4) is 0 Å². The molecular weight excluding hydrogens is 470 g/mol. The van der Waals surface area contributed by atoms with Gasteiger partial charge in [-0.05, 0) is 37.1 Å². The summed E-state index contributed by atoms with van der Waals surface area (Å²) in [5.41, 5.74) is 2.83. The van der Waals surface area contributed by atoms with Crippen molar-refractivity contribution in [1.82, 2.24) is 14.7 Å². The van der Waals surface area contributed by atoms with Crippen LogP contribution in [0.5, 0.6) is 17.4 Å². The molecular formula is C29H41N3O5. The highest BCUT2D eigenvalue weighted by molar-refractivity contribution is 5.44. The van der Waals surface area contributed by atoms with Crippen molar-refractivity contribution in [2.75, 3.05) is 47.1 Å². The largest absolute Gasteiger partial charge is 0.497 e. The van der Waals surface area contributed by atoms with Gasteiger partial charge in [0.15, 0.2) is 0 Å². The molecule has 2 aromatic carbocycles. The number of aliphatic hydroxyl groups excluding tert-OH is 1. The predicted molar refractivity (Wildman–Crippen MR) is 145 cm³/mol. The number of benzene rings is 2. The van der Waals surface area contributed by atoms with Gasteiger partial charge in [-0.1, -0.05) is 44.5 Å². The minimum atomic E-state index is -0.606. The van der Waals surface area contributed by atoms with Gasteiger partial charge < -0.3 is 24.1 Å².